The average Bonchev–Trinajstić information content (AvgIpc) is 2.68. The maximum absolute atomic E-state index is 9.14. The minimum Gasteiger partial charge on any atom is -0.388 e. The molecule has 0 spiro atoms. The van der Waals surface area contributed by atoms with Gasteiger partial charge in [0.1, 0.15) is 5.75 Å². The Hall–Kier alpha value is -1.49. The lowest BCUT2D eigenvalue weighted by molar-refractivity contribution is -0.0738. The van der Waals surface area contributed by atoms with Crippen molar-refractivity contribution in [2.24, 2.45) is 17.3 Å². The molecule has 5 saturated carbocycles. The van der Waals surface area contributed by atoms with Crippen molar-refractivity contribution in [2.45, 2.75) is 95.3 Å². The molecular weight excluding hydrogens is 330 g/mol. The lowest BCUT2D eigenvalue weighted by atomic mass is 9.42. The SMILES string of the molecule is CCC12CC3CC(C1)CC(c1ccc(OC#N)c(C4CCCCC4)c1)(C3)C2. The molecule has 1 aromatic rings. The molecule has 2 heteroatoms. The van der Waals surface area contributed by atoms with Gasteiger partial charge >= 0.3 is 0 Å². The summed E-state index contributed by atoms with van der Waals surface area (Å²) in [6.45, 7) is 2.43. The van der Waals surface area contributed by atoms with Gasteiger partial charge in [0.2, 0.25) is 0 Å². The second-order valence-electron chi connectivity index (χ2n) is 10.4. The smallest absolute Gasteiger partial charge is 0.292 e. The molecule has 5 fully saturated rings. The molecule has 6 rings (SSSR count). The molecule has 2 atom stereocenters. The second kappa shape index (κ2) is 6.54. The molecule has 4 bridgehead atoms. The summed E-state index contributed by atoms with van der Waals surface area (Å²) in [5.41, 5.74) is 3.90. The first-order chi connectivity index (χ1) is 13.2. The fourth-order valence-electron chi connectivity index (χ4n) is 7.96. The van der Waals surface area contributed by atoms with Crippen molar-refractivity contribution >= 4 is 0 Å². The fourth-order valence-corrected chi connectivity index (χ4v) is 7.96. The zero-order valence-electron chi connectivity index (χ0n) is 16.8. The van der Waals surface area contributed by atoms with Gasteiger partial charge in [-0.15, -0.1) is 5.26 Å². The molecular formula is C25H33NO. The number of hydrogen-bond acceptors (Lipinski definition) is 2. The van der Waals surface area contributed by atoms with E-state index in [2.05, 4.69) is 25.1 Å². The van der Waals surface area contributed by atoms with Crippen molar-refractivity contribution in [2.75, 3.05) is 0 Å². The highest BCUT2D eigenvalue weighted by Crippen LogP contribution is 2.66. The highest BCUT2D eigenvalue weighted by atomic mass is 16.5. The number of hydrogen-bond donors (Lipinski definition) is 0. The van der Waals surface area contributed by atoms with Crippen LogP contribution in [0.25, 0.3) is 0 Å². The molecule has 0 aromatic heterocycles. The molecule has 0 heterocycles. The molecule has 2 nitrogen and oxygen atoms in total. The van der Waals surface area contributed by atoms with E-state index >= 15 is 0 Å². The molecule has 2 unspecified atom stereocenters. The number of nitrogens with zero attached hydrogens (tertiary/aromatic N) is 1. The van der Waals surface area contributed by atoms with E-state index in [0.717, 1.165) is 17.6 Å². The van der Waals surface area contributed by atoms with Gasteiger partial charge in [0.15, 0.2) is 0 Å². The van der Waals surface area contributed by atoms with Gasteiger partial charge in [-0.05, 0) is 97.1 Å². The van der Waals surface area contributed by atoms with Gasteiger partial charge in [0.25, 0.3) is 6.26 Å². The second-order valence-corrected chi connectivity index (χ2v) is 10.4. The predicted molar refractivity (Wildman–Crippen MR) is 108 cm³/mol. The third-order valence-electron chi connectivity index (χ3n) is 8.76. The number of rotatable bonds is 4. The molecule has 144 valence electrons. The van der Waals surface area contributed by atoms with Crippen LogP contribution >= 0.6 is 0 Å². The number of benzene rings is 1. The van der Waals surface area contributed by atoms with E-state index in [1.165, 1.54) is 82.6 Å². The standard InChI is InChI=1S/C25H33NO/c1-2-24-12-18-10-19(13-24)15-25(14-18,16-24)21-8-9-23(27-17-26)22(11-21)20-6-4-3-5-7-20/h8-9,11,18-20H,2-7,10,12-16H2,1H3. The van der Waals surface area contributed by atoms with Gasteiger partial charge in [0, 0.05) is 0 Å². The molecule has 0 aliphatic heterocycles. The molecule has 1 aromatic carbocycles. The van der Waals surface area contributed by atoms with Gasteiger partial charge < -0.3 is 4.74 Å². The Morgan fingerprint density at radius 3 is 2.48 bits per heavy atom. The molecule has 0 saturated heterocycles. The van der Waals surface area contributed by atoms with E-state index in [4.69, 9.17) is 10.00 Å². The first kappa shape index (κ1) is 17.6. The molecule has 0 radical (unpaired) electrons. The third kappa shape index (κ3) is 2.89. The van der Waals surface area contributed by atoms with Crippen LogP contribution in [0.1, 0.15) is 101 Å². The van der Waals surface area contributed by atoms with Crippen LogP contribution < -0.4 is 4.74 Å². The number of ether oxygens (including phenoxy) is 1. The summed E-state index contributed by atoms with van der Waals surface area (Å²) in [5.74, 6) is 3.29. The Morgan fingerprint density at radius 1 is 1.07 bits per heavy atom. The zero-order valence-corrected chi connectivity index (χ0v) is 16.8. The van der Waals surface area contributed by atoms with Crippen LogP contribution in [0, 0.1) is 28.8 Å². The summed E-state index contributed by atoms with van der Waals surface area (Å²) >= 11 is 0. The largest absolute Gasteiger partial charge is 0.388 e. The van der Waals surface area contributed by atoms with E-state index in [1.807, 2.05) is 6.26 Å². The van der Waals surface area contributed by atoms with E-state index in [9.17, 15) is 0 Å². The van der Waals surface area contributed by atoms with Crippen LogP contribution in [0.5, 0.6) is 5.75 Å². The lowest BCUT2D eigenvalue weighted by Gasteiger charge is -2.62. The average molecular weight is 364 g/mol. The zero-order chi connectivity index (χ0) is 18.5. The Morgan fingerprint density at radius 2 is 1.81 bits per heavy atom. The third-order valence-corrected chi connectivity index (χ3v) is 8.76. The summed E-state index contributed by atoms with van der Waals surface area (Å²) in [5, 5.41) is 9.14. The Labute approximate surface area is 164 Å². The minimum absolute atomic E-state index is 0.398. The monoisotopic (exact) mass is 363 g/mol. The van der Waals surface area contributed by atoms with E-state index in [-0.39, 0.29) is 0 Å². The Balaban J connectivity index is 1.54. The summed E-state index contributed by atoms with van der Waals surface area (Å²) in [7, 11) is 0. The van der Waals surface area contributed by atoms with Crippen molar-refractivity contribution in [3.8, 4) is 12.0 Å². The Bertz CT molecular complexity index is 740. The molecule has 5 aliphatic carbocycles. The van der Waals surface area contributed by atoms with Gasteiger partial charge in [-0.2, -0.15) is 0 Å². The highest BCUT2D eigenvalue weighted by Gasteiger charge is 2.57. The van der Waals surface area contributed by atoms with Crippen LogP contribution in [0.3, 0.4) is 0 Å². The summed E-state index contributed by atoms with van der Waals surface area (Å²) in [6, 6.07) is 6.92. The maximum atomic E-state index is 9.14. The van der Waals surface area contributed by atoms with Gasteiger partial charge in [0.05, 0.1) is 0 Å². The number of nitriles is 1. The van der Waals surface area contributed by atoms with E-state index in [0.29, 0.717) is 16.7 Å². The van der Waals surface area contributed by atoms with Crippen LogP contribution in [0.2, 0.25) is 0 Å². The first-order valence-corrected chi connectivity index (χ1v) is 11.4. The minimum atomic E-state index is 0.398. The summed E-state index contributed by atoms with van der Waals surface area (Å²) in [4.78, 5) is 0. The van der Waals surface area contributed by atoms with Crippen molar-refractivity contribution < 1.29 is 4.74 Å². The molecule has 0 amide bonds. The van der Waals surface area contributed by atoms with Gasteiger partial charge in [-0.1, -0.05) is 44.7 Å². The van der Waals surface area contributed by atoms with Crippen molar-refractivity contribution in [1.29, 1.82) is 5.26 Å². The van der Waals surface area contributed by atoms with E-state index < -0.39 is 0 Å². The maximum Gasteiger partial charge on any atom is 0.292 e. The highest BCUT2D eigenvalue weighted by molar-refractivity contribution is 5.44. The summed E-state index contributed by atoms with van der Waals surface area (Å²) < 4.78 is 5.41. The van der Waals surface area contributed by atoms with Crippen molar-refractivity contribution in [3.05, 3.63) is 29.3 Å². The van der Waals surface area contributed by atoms with E-state index in [1.54, 1.807) is 5.56 Å². The van der Waals surface area contributed by atoms with Crippen molar-refractivity contribution in [3.63, 3.8) is 0 Å². The van der Waals surface area contributed by atoms with Crippen LogP contribution in [0.4, 0.5) is 0 Å². The van der Waals surface area contributed by atoms with Gasteiger partial charge in [-0.3, -0.25) is 0 Å². The molecule has 27 heavy (non-hydrogen) atoms. The van der Waals surface area contributed by atoms with Gasteiger partial charge in [-0.25, -0.2) is 0 Å². The summed E-state index contributed by atoms with van der Waals surface area (Å²) in [6.07, 6.45) is 18.4. The molecule has 5 aliphatic rings. The van der Waals surface area contributed by atoms with Crippen LogP contribution in [-0.4, -0.2) is 0 Å². The lowest BCUT2D eigenvalue weighted by Crippen LogP contribution is -2.53. The van der Waals surface area contributed by atoms with Crippen molar-refractivity contribution in [1.82, 2.24) is 0 Å². The van der Waals surface area contributed by atoms with Crippen LogP contribution in [0.15, 0.2) is 18.2 Å². The quantitative estimate of drug-likeness (QED) is 0.548. The fraction of sp³-hybridized carbons (Fsp3) is 0.720. The molecule has 0 N–H and O–H groups in total. The normalized spacial score (nSPS) is 37.9. The topological polar surface area (TPSA) is 33.0 Å². The predicted octanol–water partition coefficient (Wildman–Crippen LogP) is 6.84. The van der Waals surface area contributed by atoms with Crippen LogP contribution in [-0.2, 0) is 5.41 Å². The Kier molecular flexibility index (Phi) is 4.26. The first-order valence-electron chi connectivity index (χ1n) is 11.4.